The number of carbonyl (C=O) groups excluding carboxylic acids is 1. The fraction of sp³-hybridized carbons (Fsp3) is 0.923. The molecule has 2 fully saturated rings. The number of carbonyl (C=O) groups is 1. The highest BCUT2D eigenvalue weighted by Crippen LogP contribution is 2.48. The standard InChI is InChI=1S/C13H22O2/c1-10-8-12(2,3)5-6-13(10)9-11(14)4-7-15-13/h10H,4-9H2,1-3H3. The third-order valence-corrected chi connectivity index (χ3v) is 4.25. The number of Topliss-reactive ketones (excluding diaryl/α,β-unsaturated/α-hetero) is 1. The van der Waals surface area contributed by atoms with Gasteiger partial charge in [0.05, 0.1) is 12.2 Å². The molecule has 0 radical (unpaired) electrons. The van der Waals surface area contributed by atoms with Crippen molar-refractivity contribution in [2.24, 2.45) is 11.3 Å². The van der Waals surface area contributed by atoms with E-state index >= 15 is 0 Å². The number of ketones is 1. The van der Waals surface area contributed by atoms with E-state index in [4.69, 9.17) is 4.74 Å². The first-order chi connectivity index (χ1) is 6.94. The minimum absolute atomic E-state index is 0.106. The third-order valence-electron chi connectivity index (χ3n) is 4.25. The second-order valence-electron chi connectivity index (χ2n) is 6.15. The lowest BCUT2D eigenvalue weighted by Crippen LogP contribution is -2.50. The molecule has 0 amide bonds. The topological polar surface area (TPSA) is 26.3 Å². The zero-order chi connectivity index (χ0) is 11.1. The molecule has 1 aliphatic heterocycles. The van der Waals surface area contributed by atoms with E-state index in [0.29, 0.717) is 36.6 Å². The van der Waals surface area contributed by atoms with Crippen LogP contribution in [0.5, 0.6) is 0 Å². The van der Waals surface area contributed by atoms with E-state index in [0.717, 1.165) is 6.42 Å². The van der Waals surface area contributed by atoms with E-state index < -0.39 is 0 Å². The Morgan fingerprint density at radius 1 is 1.33 bits per heavy atom. The van der Waals surface area contributed by atoms with Crippen LogP contribution in [0.25, 0.3) is 0 Å². The second-order valence-corrected chi connectivity index (χ2v) is 6.15. The van der Waals surface area contributed by atoms with E-state index in [-0.39, 0.29) is 5.60 Å². The molecule has 2 unspecified atom stereocenters. The molecule has 0 aromatic heterocycles. The van der Waals surface area contributed by atoms with Crippen molar-refractivity contribution < 1.29 is 9.53 Å². The first-order valence-electron chi connectivity index (χ1n) is 6.09. The molecule has 86 valence electrons. The predicted octanol–water partition coefficient (Wildman–Crippen LogP) is 2.95. The minimum Gasteiger partial charge on any atom is -0.374 e. The van der Waals surface area contributed by atoms with Gasteiger partial charge in [-0.25, -0.2) is 0 Å². The fourth-order valence-electron chi connectivity index (χ4n) is 3.23. The Hall–Kier alpha value is -0.370. The maximum atomic E-state index is 11.6. The van der Waals surface area contributed by atoms with E-state index in [1.165, 1.54) is 12.8 Å². The van der Waals surface area contributed by atoms with Gasteiger partial charge in [0.2, 0.25) is 0 Å². The SMILES string of the molecule is CC1CC(C)(C)CCC12CC(=O)CCO2. The van der Waals surface area contributed by atoms with Crippen LogP contribution in [0.15, 0.2) is 0 Å². The molecular weight excluding hydrogens is 188 g/mol. The molecule has 15 heavy (non-hydrogen) atoms. The van der Waals surface area contributed by atoms with Gasteiger partial charge in [-0.2, -0.15) is 0 Å². The van der Waals surface area contributed by atoms with Crippen LogP contribution in [0.3, 0.4) is 0 Å². The van der Waals surface area contributed by atoms with Crippen molar-refractivity contribution in [3.8, 4) is 0 Å². The summed E-state index contributed by atoms with van der Waals surface area (Å²) in [4.78, 5) is 11.6. The van der Waals surface area contributed by atoms with Gasteiger partial charge in [0, 0.05) is 12.8 Å². The van der Waals surface area contributed by atoms with Crippen LogP contribution in [0, 0.1) is 11.3 Å². The van der Waals surface area contributed by atoms with Gasteiger partial charge in [-0.1, -0.05) is 20.8 Å². The summed E-state index contributed by atoms with van der Waals surface area (Å²) in [6.07, 6.45) is 4.71. The Morgan fingerprint density at radius 2 is 2.07 bits per heavy atom. The first kappa shape index (κ1) is 11.1. The lowest BCUT2D eigenvalue weighted by molar-refractivity contribution is -0.163. The molecule has 0 N–H and O–H groups in total. The Labute approximate surface area is 92.4 Å². The zero-order valence-electron chi connectivity index (χ0n) is 10.1. The van der Waals surface area contributed by atoms with Crippen molar-refractivity contribution in [1.82, 2.24) is 0 Å². The Bertz CT molecular complexity index is 270. The average molecular weight is 210 g/mol. The summed E-state index contributed by atoms with van der Waals surface area (Å²) in [5, 5.41) is 0. The fourth-order valence-corrected chi connectivity index (χ4v) is 3.23. The Balaban J connectivity index is 2.12. The maximum Gasteiger partial charge on any atom is 0.138 e. The lowest BCUT2D eigenvalue weighted by atomic mass is 9.63. The highest BCUT2D eigenvalue weighted by Gasteiger charge is 2.47. The van der Waals surface area contributed by atoms with Crippen LogP contribution in [0.2, 0.25) is 0 Å². The summed E-state index contributed by atoms with van der Waals surface area (Å²) in [5.74, 6) is 0.915. The Kier molecular flexibility index (Phi) is 2.66. The van der Waals surface area contributed by atoms with Crippen molar-refractivity contribution in [3.63, 3.8) is 0 Å². The van der Waals surface area contributed by atoms with Gasteiger partial charge in [-0.05, 0) is 30.6 Å². The molecule has 0 bridgehead atoms. The van der Waals surface area contributed by atoms with Gasteiger partial charge in [0.1, 0.15) is 5.78 Å². The summed E-state index contributed by atoms with van der Waals surface area (Å²) in [6, 6.07) is 0. The Morgan fingerprint density at radius 3 is 2.67 bits per heavy atom. The third kappa shape index (κ3) is 2.10. The largest absolute Gasteiger partial charge is 0.374 e. The van der Waals surface area contributed by atoms with Gasteiger partial charge < -0.3 is 4.74 Å². The van der Waals surface area contributed by atoms with Crippen LogP contribution in [0.1, 0.15) is 52.9 Å². The van der Waals surface area contributed by atoms with Gasteiger partial charge in [0.25, 0.3) is 0 Å². The van der Waals surface area contributed by atoms with Gasteiger partial charge in [-0.15, -0.1) is 0 Å². The number of hydrogen-bond acceptors (Lipinski definition) is 2. The molecule has 1 spiro atoms. The molecule has 2 heteroatoms. The first-order valence-corrected chi connectivity index (χ1v) is 6.09. The normalized spacial score (nSPS) is 40.7. The van der Waals surface area contributed by atoms with Crippen molar-refractivity contribution in [3.05, 3.63) is 0 Å². The van der Waals surface area contributed by atoms with Crippen LogP contribution in [-0.2, 0) is 9.53 Å². The van der Waals surface area contributed by atoms with Gasteiger partial charge in [0.15, 0.2) is 0 Å². The van der Waals surface area contributed by atoms with Crippen molar-refractivity contribution >= 4 is 5.78 Å². The average Bonchev–Trinajstić information content (AvgIpc) is 2.12. The molecule has 0 aromatic carbocycles. The van der Waals surface area contributed by atoms with Crippen molar-refractivity contribution in [1.29, 1.82) is 0 Å². The zero-order valence-corrected chi connectivity index (χ0v) is 10.1. The number of rotatable bonds is 0. The number of hydrogen-bond donors (Lipinski definition) is 0. The highest BCUT2D eigenvalue weighted by atomic mass is 16.5. The summed E-state index contributed by atoms with van der Waals surface area (Å²) in [6.45, 7) is 7.53. The van der Waals surface area contributed by atoms with Crippen LogP contribution in [0.4, 0.5) is 0 Å². The predicted molar refractivity (Wildman–Crippen MR) is 59.7 cm³/mol. The van der Waals surface area contributed by atoms with E-state index in [9.17, 15) is 4.79 Å². The minimum atomic E-state index is -0.106. The summed E-state index contributed by atoms with van der Waals surface area (Å²) in [7, 11) is 0. The molecule has 1 saturated carbocycles. The van der Waals surface area contributed by atoms with Crippen LogP contribution >= 0.6 is 0 Å². The van der Waals surface area contributed by atoms with Gasteiger partial charge >= 0.3 is 0 Å². The van der Waals surface area contributed by atoms with Crippen molar-refractivity contribution in [2.45, 2.75) is 58.5 Å². The monoisotopic (exact) mass is 210 g/mol. The summed E-state index contributed by atoms with van der Waals surface area (Å²) in [5.41, 5.74) is 0.319. The quantitative estimate of drug-likeness (QED) is 0.614. The van der Waals surface area contributed by atoms with E-state index in [1.54, 1.807) is 0 Å². The highest BCUT2D eigenvalue weighted by molar-refractivity contribution is 5.80. The van der Waals surface area contributed by atoms with Crippen LogP contribution < -0.4 is 0 Å². The van der Waals surface area contributed by atoms with Crippen LogP contribution in [-0.4, -0.2) is 18.0 Å². The number of ether oxygens (including phenoxy) is 1. The molecule has 2 aliphatic rings. The van der Waals surface area contributed by atoms with Crippen molar-refractivity contribution in [2.75, 3.05) is 6.61 Å². The lowest BCUT2D eigenvalue weighted by Gasteiger charge is -2.49. The van der Waals surface area contributed by atoms with Gasteiger partial charge in [-0.3, -0.25) is 4.79 Å². The smallest absolute Gasteiger partial charge is 0.138 e. The molecule has 1 aliphatic carbocycles. The second kappa shape index (κ2) is 3.58. The summed E-state index contributed by atoms with van der Waals surface area (Å²) >= 11 is 0. The maximum absolute atomic E-state index is 11.6. The molecule has 1 saturated heterocycles. The molecule has 2 atom stereocenters. The molecule has 2 nitrogen and oxygen atoms in total. The molecule has 2 rings (SSSR count). The van der Waals surface area contributed by atoms with E-state index in [2.05, 4.69) is 20.8 Å². The summed E-state index contributed by atoms with van der Waals surface area (Å²) < 4.78 is 5.96. The molecular formula is C13H22O2. The van der Waals surface area contributed by atoms with E-state index in [1.807, 2.05) is 0 Å². The molecule has 0 aromatic rings. The molecule has 1 heterocycles.